The first-order valence-corrected chi connectivity index (χ1v) is 29.7. The molecule has 0 heterocycles. The second-order valence-electron chi connectivity index (χ2n) is 19.5. The van der Waals surface area contributed by atoms with Gasteiger partial charge in [-0.05, 0) is 109 Å². The molecule has 0 rings (SSSR count). The molecule has 0 spiro atoms. The van der Waals surface area contributed by atoms with Crippen molar-refractivity contribution in [3.63, 3.8) is 0 Å². The summed E-state index contributed by atoms with van der Waals surface area (Å²) in [5, 5.41) is 0. The lowest BCUT2D eigenvalue weighted by Crippen LogP contribution is -2.30. The molecule has 6 heteroatoms. The molecular weight excluding hydrogens is 877 g/mol. The highest BCUT2D eigenvalue weighted by Gasteiger charge is 2.19. The summed E-state index contributed by atoms with van der Waals surface area (Å²) < 4.78 is 16.9. The predicted octanol–water partition coefficient (Wildman–Crippen LogP) is 20.1. The van der Waals surface area contributed by atoms with E-state index in [9.17, 15) is 14.4 Å². The molecule has 0 aromatic carbocycles. The van der Waals surface area contributed by atoms with Gasteiger partial charge in [0, 0.05) is 19.3 Å². The van der Waals surface area contributed by atoms with E-state index in [0.717, 1.165) is 116 Å². The number of unbranched alkanes of at least 4 members (excludes halogenated alkanes) is 26. The molecule has 0 bridgehead atoms. The number of esters is 3. The highest BCUT2D eigenvalue weighted by molar-refractivity contribution is 5.71. The minimum atomic E-state index is -0.787. The Morgan fingerprint density at radius 3 is 0.873 bits per heavy atom. The highest BCUT2D eigenvalue weighted by atomic mass is 16.6. The third-order valence-electron chi connectivity index (χ3n) is 12.6. The summed E-state index contributed by atoms with van der Waals surface area (Å²) >= 11 is 0. The molecular formula is C65H110O6. The Labute approximate surface area is 438 Å². The number of carbonyl (C=O) groups is 3. The second kappa shape index (κ2) is 58.9. The van der Waals surface area contributed by atoms with Gasteiger partial charge < -0.3 is 14.2 Å². The average Bonchev–Trinajstić information content (AvgIpc) is 3.37. The van der Waals surface area contributed by atoms with Gasteiger partial charge in [0.05, 0.1) is 0 Å². The molecule has 0 aliphatic rings. The number of ether oxygens (including phenoxy) is 3. The van der Waals surface area contributed by atoms with Crippen LogP contribution >= 0.6 is 0 Å². The first-order valence-electron chi connectivity index (χ1n) is 29.7. The molecule has 0 aromatic heterocycles. The van der Waals surface area contributed by atoms with E-state index in [2.05, 4.69) is 118 Å². The van der Waals surface area contributed by atoms with Crippen molar-refractivity contribution in [2.45, 2.75) is 284 Å². The van der Waals surface area contributed by atoms with Crippen LogP contribution in [0.15, 0.2) is 97.2 Å². The number of carbonyl (C=O) groups excluding carboxylic acids is 3. The fourth-order valence-corrected chi connectivity index (χ4v) is 8.14. The standard InChI is InChI=1S/C65H110O6/c1-4-7-10-13-16-19-22-24-26-28-29-30-31-32-33-34-35-37-38-40-43-46-49-52-55-58-64(67)70-61-62(60-69-63(66)57-54-51-48-45-42-21-18-15-12-9-6-3)71-65(68)59-56-53-50-47-44-41-39-36-27-25-23-20-17-14-11-8-5-2/h7-8,10-11,15-20,24-27,29-30,62H,4-6,9,12-14,21-23,28,31-61H2,1-3H3/b10-7-,11-8-,18-15-,19-16-,20-17-,26-24-,27-25-,30-29-. The van der Waals surface area contributed by atoms with Crippen molar-refractivity contribution in [2.24, 2.45) is 0 Å². The zero-order chi connectivity index (χ0) is 51.4. The lowest BCUT2D eigenvalue weighted by Gasteiger charge is -2.18. The van der Waals surface area contributed by atoms with Gasteiger partial charge >= 0.3 is 17.9 Å². The van der Waals surface area contributed by atoms with E-state index in [1.165, 1.54) is 122 Å². The van der Waals surface area contributed by atoms with E-state index < -0.39 is 6.10 Å². The van der Waals surface area contributed by atoms with Crippen LogP contribution in [0.2, 0.25) is 0 Å². The fourth-order valence-electron chi connectivity index (χ4n) is 8.14. The monoisotopic (exact) mass is 987 g/mol. The van der Waals surface area contributed by atoms with Gasteiger partial charge in [0.2, 0.25) is 0 Å². The van der Waals surface area contributed by atoms with Crippen LogP contribution in [0.4, 0.5) is 0 Å². The molecule has 406 valence electrons. The molecule has 1 atom stereocenters. The van der Waals surface area contributed by atoms with Gasteiger partial charge in [-0.1, -0.05) is 246 Å². The Kier molecular flexibility index (Phi) is 55.9. The number of allylic oxidation sites excluding steroid dienone is 16. The number of rotatable bonds is 53. The first-order chi connectivity index (χ1) is 35.0. The molecule has 0 N–H and O–H groups in total. The van der Waals surface area contributed by atoms with Crippen LogP contribution in [0.5, 0.6) is 0 Å². The maximum absolute atomic E-state index is 12.9. The SMILES string of the molecule is CC/C=C\C/C=C\C/C=C\C/C=C\CCCCCCCCCCCCCCC(=O)OCC(COC(=O)CCCCCCC/C=C\CCCC)OC(=O)CCCCCCCCC/C=C\C/C=C\C/C=C\CC. The second-order valence-corrected chi connectivity index (χ2v) is 19.5. The van der Waals surface area contributed by atoms with Crippen LogP contribution in [0.25, 0.3) is 0 Å². The summed E-state index contributed by atoms with van der Waals surface area (Å²) in [4.78, 5) is 38.2. The zero-order valence-corrected chi connectivity index (χ0v) is 46.5. The van der Waals surface area contributed by atoms with Gasteiger partial charge in [0.1, 0.15) is 13.2 Å². The van der Waals surface area contributed by atoms with Gasteiger partial charge in [-0.2, -0.15) is 0 Å². The predicted molar refractivity (Wildman–Crippen MR) is 307 cm³/mol. The number of hydrogen-bond acceptors (Lipinski definition) is 6. The molecule has 6 nitrogen and oxygen atoms in total. The molecule has 0 fully saturated rings. The summed E-state index contributed by atoms with van der Waals surface area (Å²) in [5.74, 6) is -0.902. The van der Waals surface area contributed by atoms with Crippen LogP contribution in [0, 0.1) is 0 Å². The summed E-state index contributed by atoms with van der Waals surface area (Å²) in [6.07, 6.45) is 78.4. The smallest absolute Gasteiger partial charge is 0.306 e. The molecule has 71 heavy (non-hydrogen) atoms. The Morgan fingerprint density at radius 1 is 0.296 bits per heavy atom. The summed E-state index contributed by atoms with van der Waals surface area (Å²) in [5.41, 5.74) is 0. The minimum Gasteiger partial charge on any atom is -0.462 e. The minimum absolute atomic E-state index is 0.0848. The van der Waals surface area contributed by atoms with Crippen LogP contribution < -0.4 is 0 Å². The molecule has 1 unspecified atom stereocenters. The van der Waals surface area contributed by atoms with Crippen molar-refractivity contribution in [1.82, 2.24) is 0 Å². The van der Waals surface area contributed by atoms with Crippen molar-refractivity contribution < 1.29 is 28.6 Å². The third kappa shape index (κ3) is 57.1. The van der Waals surface area contributed by atoms with E-state index in [1.54, 1.807) is 0 Å². The Morgan fingerprint density at radius 2 is 0.549 bits per heavy atom. The molecule has 0 amide bonds. The molecule has 0 aromatic rings. The van der Waals surface area contributed by atoms with E-state index in [-0.39, 0.29) is 31.1 Å². The number of hydrogen-bond donors (Lipinski definition) is 0. The Hall–Kier alpha value is -3.67. The van der Waals surface area contributed by atoms with Crippen molar-refractivity contribution in [2.75, 3.05) is 13.2 Å². The quantitative estimate of drug-likeness (QED) is 0.0261. The van der Waals surface area contributed by atoms with Crippen LogP contribution in [-0.4, -0.2) is 37.2 Å². The van der Waals surface area contributed by atoms with Gasteiger partial charge in [-0.15, -0.1) is 0 Å². The molecule has 0 radical (unpaired) electrons. The van der Waals surface area contributed by atoms with E-state index >= 15 is 0 Å². The van der Waals surface area contributed by atoms with Crippen molar-refractivity contribution >= 4 is 17.9 Å². The first kappa shape index (κ1) is 67.3. The Balaban J connectivity index is 4.29. The van der Waals surface area contributed by atoms with E-state index in [4.69, 9.17) is 14.2 Å². The highest BCUT2D eigenvalue weighted by Crippen LogP contribution is 2.16. The molecule has 0 aliphatic carbocycles. The molecule has 0 saturated heterocycles. The fraction of sp³-hybridized carbons (Fsp3) is 0.708. The molecule has 0 aliphatic heterocycles. The maximum atomic E-state index is 12.9. The van der Waals surface area contributed by atoms with Crippen molar-refractivity contribution in [1.29, 1.82) is 0 Å². The van der Waals surface area contributed by atoms with E-state index in [0.29, 0.717) is 19.3 Å². The van der Waals surface area contributed by atoms with E-state index in [1.807, 2.05) is 0 Å². The topological polar surface area (TPSA) is 78.9 Å². The lowest BCUT2D eigenvalue weighted by molar-refractivity contribution is -0.167. The van der Waals surface area contributed by atoms with Crippen LogP contribution in [-0.2, 0) is 28.6 Å². The van der Waals surface area contributed by atoms with Gasteiger partial charge in [-0.25, -0.2) is 0 Å². The van der Waals surface area contributed by atoms with Gasteiger partial charge in [-0.3, -0.25) is 14.4 Å². The zero-order valence-electron chi connectivity index (χ0n) is 46.5. The lowest BCUT2D eigenvalue weighted by atomic mass is 10.0. The molecule has 0 saturated carbocycles. The summed E-state index contributed by atoms with van der Waals surface area (Å²) in [7, 11) is 0. The van der Waals surface area contributed by atoms with Crippen molar-refractivity contribution in [3.8, 4) is 0 Å². The largest absolute Gasteiger partial charge is 0.462 e. The Bertz CT molecular complexity index is 1410. The third-order valence-corrected chi connectivity index (χ3v) is 12.6. The normalized spacial score (nSPS) is 12.8. The van der Waals surface area contributed by atoms with Crippen molar-refractivity contribution in [3.05, 3.63) is 97.2 Å². The summed E-state index contributed by atoms with van der Waals surface area (Å²) in [6, 6.07) is 0. The van der Waals surface area contributed by atoms with Gasteiger partial charge in [0.15, 0.2) is 6.10 Å². The van der Waals surface area contributed by atoms with Gasteiger partial charge in [0.25, 0.3) is 0 Å². The summed E-state index contributed by atoms with van der Waals surface area (Å²) in [6.45, 7) is 6.37. The van der Waals surface area contributed by atoms with Crippen LogP contribution in [0.1, 0.15) is 278 Å². The average molecular weight is 988 g/mol. The van der Waals surface area contributed by atoms with Crippen LogP contribution in [0.3, 0.4) is 0 Å². The maximum Gasteiger partial charge on any atom is 0.306 e.